The second kappa shape index (κ2) is 8.61. The summed E-state index contributed by atoms with van der Waals surface area (Å²) in [5.41, 5.74) is 3.83. The van der Waals surface area contributed by atoms with Gasteiger partial charge in [-0.3, -0.25) is 0 Å². The summed E-state index contributed by atoms with van der Waals surface area (Å²) >= 11 is 0. The number of hydrogen-bond donors (Lipinski definition) is 0. The summed E-state index contributed by atoms with van der Waals surface area (Å²) in [6.45, 7) is 2.82. The van der Waals surface area contributed by atoms with E-state index in [1.54, 1.807) is 6.07 Å². The average molecular weight is 382 g/mol. The third-order valence-corrected chi connectivity index (χ3v) is 4.79. The van der Waals surface area contributed by atoms with Gasteiger partial charge in [0.15, 0.2) is 0 Å². The van der Waals surface area contributed by atoms with E-state index in [1.807, 2.05) is 91.9 Å². The minimum Gasteiger partial charge on any atom is -0.489 e. The van der Waals surface area contributed by atoms with Gasteiger partial charge in [0.25, 0.3) is 0 Å². The van der Waals surface area contributed by atoms with E-state index in [4.69, 9.17) is 9.47 Å². The highest BCUT2D eigenvalue weighted by Gasteiger charge is 2.09. The molecule has 0 radical (unpaired) electrons. The Kier molecular flexibility index (Phi) is 5.57. The first-order valence-corrected chi connectivity index (χ1v) is 9.60. The quantitative estimate of drug-likeness (QED) is 0.379. The third-order valence-electron chi connectivity index (χ3n) is 4.79. The summed E-state index contributed by atoms with van der Waals surface area (Å²) in [4.78, 5) is 12.4. The maximum atomic E-state index is 12.4. The lowest BCUT2D eigenvalue weighted by Gasteiger charge is -2.09. The maximum Gasteiger partial charge on any atom is 0.338 e. The molecule has 4 aromatic carbocycles. The molecule has 144 valence electrons. The molecule has 0 aliphatic rings. The van der Waals surface area contributed by atoms with Crippen molar-refractivity contribution in [3.8, 4) is 5.75 Å². The van der Waals surface area contributed by atoms with E-state index in [-0.39, 0.29) is 12.6 Å². The first-order valence-electron chi connectivity index (χ1n) is 9.60. The summed E-state index contributed by atoms with van der Waals surface area (Å²) in [5, 5.41) is 1.99. The van der Waals surface area contributed by atoms with Crippen LogP contribution < -0.4 is 4.74 Å². The van der Waals surface area contributed by atoms with Crippen molar-refractivity contribution < 1.29 is 14.3 Å². The van der Waals surface area contributed by atoms with Crippen molar-refractivity contribution >= 4 is 16.7 Å². The number of rotatable bonds is 6. The average Bonchev–Trinajstić information content (AvgIpc) is 2.77. The number of aryl methyl sites for hydroxylation is 1. The Bertz CT molecular complexity index is 1120. The molecule has 4 rings (SSSR count). The first kappa shape index (κ1) is 18.8. The zero-order chi connectivity index (χ0) is 20.1. The molecule has 0 atom stereocenters. The molecule has 0 unspecified atom stereocenters. The lowest BCUT2D eigenvalue weighted by atomic mass is 10.1. The molecule has 0 aliphatic carbocycles. The zero-order valence-electron chi connectivity index (χ0n) is 16.3. The van der Waals surface area contributed by atoms with Gasteiger partial charge in [0.05, 0.1) is 5.56 Å². The van der Waals surface area contributed by atoms with Crippen molar-refractivity contribution in [2.24, 2.45) is 0 Å². The molecule has 0 saturated heterocycles. The van der Waals surface area contributed by atoms with Gasteiger partial charge < -0.3 is 9.47 Å². The Balaban J connectivity index is 1.42. The topological polar surface area (TPSA) is 35.5 Å². The lowest BCUT2D eigenvalue weighted by Crippen LogP contribution is -2.05. The fraction of sp³-hybridized carbons (Fsp3) is 0.115. The molecule has 29 heavy (non-hydrogen) atoms. The number of hydrogen-bond acceptors (Lipinski definition) is 3. The van der Waals surface area contributed by atoms with Crippen LogP contribution in [-0.4, -0.2) is 5.97 Å². The number of carbonyl (C=O) groups is 1. The number of ether oxygens (including phenoxy) is 2. The summed E-state index contributed by atoms with van der Waals surface area (Å²) in [5.74, 6) is 0.480. The van der Waals surface area contributed by atoms with Crippen LogP contribution in [0.15, 0.2) is 91.0 Å². The predicted octanol–water partition coefficient (Wildman–Crippen LogP) is 6.08. The minimum absolute atomic E-state index is 0.267. The molecule has 3 heteroatoms. The standard InChI is InChI=1S/C26H22O3/c1-19-7-9-21(10-8-19)18-29-26(27)24-12-11-23-16-25(14-13-22(23)15-24)28-17-20-5-3-2-4-6-20/h2-16H,17-18H2,1H3. The normalized spacial score (nSPS) is 10.7. The van der Waals surface area contributed by atoms with Gasteiger partial charge in [-0.25, -0.2) is 4.79 Å². The Morgan fingerprint density at radius 1 is 0.724 bits per heavy atom. The number of benzene rings is 4. The largest absolute Gasteiger partial charge is 0.489 e. The molecular formula is C26H22O3. The Labute approximate surface area is 170 Å². The SMILES string of the molecule is Cc1ccc(COC(=O)c2ccc3cc(OCc4ccccc4)ccc3c2)cc1. The van der Waals surface area contributed by atoms with Crippen LogP contribution in [0.1, 0.15) is 27.0 Å². The van der Waals surface area contributed by atoms with Crippen LogP contribution in [0.25, 0.3) is 10.8 Å². The molecule has 4 aromatic rings. The van der Waals surface area contributed by atoms with Gasteiger partial charge in [-0.1, -0.05) is 72.3 Å². The molecule has 0 aromatic heterocycles. The first-order chi connectivity index (χ1) is 14.2. The highest BCUT2D eigenvalue weighted by atomic mass is 16.5. The molecule has 0 bridgehead atoms. The van der Waals surface area contributed by atoms with Crippen molar-refractivity contribution in [3.05, 3.63) is 113 Å². The van der Waals surface area contributed by atoms with Gasteiger partial charge in [0.2, 0.25) is 0 Å². The van der Waals surface area contributed by atoms with Gasteiger partial charge in [0.1, 0.15) is 19.0 Å². The second-order valence-electron chi connectivity index (χ2n) is 7.06. The van der Waals surface area contributed by atoms with Crippen molar-refractivity contribution in [3.63, 3.8) is 0 Å². The molecule has 3 nitrogen and oxygen atoms in total. The van der Waals surface area contributed by atoms with Crippen molar-refractivity contribution in [1.29, 1.82) is 0 Å². The van der Waals surface area contributed by atoms with Crippen LogP contribution in [0.2, 0.25) is 0 Å². The Morgan fingerprint density at radius 3 is 2.21 bits per heavy atom. The molecule has 0 saturated carbocycles. The van der Waals surface area contributed by atoms with Gasteiger partial charge in [0, 0.05) is 0 Å². The number of esters is 1. The van der Waals surface area contributed by atoms with Crippen LogP contribution in [-0.2, 0) is 18.0 Å². The zero-order valence-corrected chi connectivity index (χ0v) is 16.3. The predicted molar refractivity (Wildman–Crippen MR) is 115 cm³/mol. The molecule has 0 aliphatic heterocycles. The minimum atomic E-state index is -0.322. The van der Waals surface area contributed by atoms with Gasteiger partial charge in [-0.15, -0.1) is 0 Å². The van der Waals surface area contributed by atoms with E-state index < -0.39 is 0 Å². The second-order valence-corrected chi connectivity index (χ2v) is 7.06. The van der Waals surface area contributed by atoms with E-state index in [1.165, 1.54) is 5.56 Å². The van der Waals surface area contributed by atoms with Gasteiger partial charge >= 0.3 is 5.97 Å². The van der Waals surface area contributed by atoms with Gasteiger partial charge in [-0.05, 0) is 53.1 Å². The van der Waals surface area contributed by atoms with Crippen LogP contribution in [0, 0.1) is 6.92 Å². The molecule has 0 spiro atoms. The monoisotopic (exact) mass is 382 g/mol. The maximum absolute atomic E-state index is 12.4. The smallest absolute Gasteiger partial charge is 0.338 e. The Morgan fingerprint density at radius 2 is 1.41 bits per heavy atom. The summed E-state index contributed by atoms with van der Waals surface area (Å²) in [6, 6.07) is 29.5. The summed E-state index contributed by atoms with van der Waals surface area (Å²) in [7, 11) is 0. The van der Waals surface area contributed by atoms with E-state index in [2.05, 4.69) is 0 Å². The van der Waals surface area contributed by atoms with E-state index >= 15 is 0 Å². The number of carbonyl (C=O) groups excluding carboxylic acids is 1. The van der Waals surface area contributed by atoms with Crippen LogP contribution >= 0.6 is 0 Å². The van der Waals surface area contributed by atoms with E-state index in [0.717, 1.165) is 27.6 Å². The molecular weight excluding hydrogens is 360 g/mol. The van der Waals surface area contributed by atoms with Crippen molar-refractivity contribution in [1.82, 2.24) is 0 Å². The van der Waals surface area contributed by atoms with Crippen LogP contribution in [0.4, 0.5) is 0 Å². The number of fused-ring (bicyclic) bond motifs is 1. The highest BCUT2D eigenvalue weighted by molar-refractivity contribution is 5.95. The fourth-order valence-corrected chi connectivity index (χ4v) is 3.10. The molecule has 0 fully saturated rings. The summed E-state index contributed by atoms with van der Waals surface area (Å²) in [6.07, 6.45) is 0. The molecule has 0 amide bonds. The van der Waals surface area contributed by atoms with E-state index in [9.17, 15) is 4.79 Å². The summed E-state index contributed by atoms with van der Waals surface area (Å²) < 4.78 is 11.3. The van der Waals surface area contributed by atoms with Gasteiger partial charge in [-0.2, -0.15) is 0 Å². The van der Waals surface area contributed by atoms with E-state index in [0.29, 0.717) is 12.2 Å². The van der Waals surface area contributed by atoms with Crippen molar-refractivity contribution in [2.75, 3.05) is 0 Å². The Hall–Kier alpha value is -3.59. The molecule has 0 heterocycles. The lowest BCUT2D eigenvalue weighted by molar-refractivity contribution is 0.0473. The third kappa shape index (κ3) is 4.82. The van der Waals surface area contributed by atoms with Crippen LogP contribution in [0.3, 0.4) is 0 Å². The highest BCUT2D eigenvalue weighted by Crippen LogP contribution is 2.23. The van der Waals surface area contributed by atoms with Crippen molar-refractivity contribution in [2.45, 2.75) is 20.1 Å². The fourth-order valence-electron chi connectivity index (χ4n) is 3.10. The van der Waals surface area contributed by atoms with Crippen LogP contribution in [0.5, 0.6) is 5.75 Å². The molecule has 0 N–H and O–H groups in total.